The van der Waals surface area contributed by atoms with Gasteiger partial charge in [0.15, 0.2) is 0 Å². The molecule has 0 radical (unpaired) electrons. The molecule has 1 aromatic heterocycles. The van der Waals surface area contributed by atoms with Crippen molar-refractivity contribution in [2.75, 3.05) is 0 Å². The van der Waals surface area contributed by atoms with Crippen molar-refractivity contribution in [3.63, 3.8) is 0 Å². The lowest BCUT2D eigenvalue weighted by Crippen LogP contribution is -2.17. The predicted molar refractivity (Wildman–Crippen MR) is 56.4 cm³/mol. The van der Waals surface area contributed by atoms with E-state index in [2.05, 4.69) is 0 Å². The molecule has 0 saturated heterocycles. The number of rotatable bonds is 3. The first-order valence-electron chi connectivity index (χ1n) is 4.78. The van der Waals surface area contributed by atoms with Gasteiger partial charge in [-0.05, 0) is 12.1 Å². The standard InChI is InChI=1S/C11H11NO3/c1-8(12(13)14)6-10-7-9-4-2-3-5-11(9)15-10/h2-5,7-8H,6H2,1H3. The highest BCUT2D eigenvalue weighted by atomic mass is 16.6. The molecule has 15 heavy (non-hydrogen) atoms. The van der Waals surface area contributed by atoms with Crippen LogP contribution in [-0.2, 0) is 6.42 Å². The normalized spacial score (nSPS) is 12.9. The van der Waals surface area contributed by atoms with Crippen molar-refractivity contribution in [3.8, 4) is 0 Å². The van der Waals surface area contributed by atoms with Gasteiger partial charge in [-0.25, -0.2) is 0 Å². The topological polar surface area (TPSA) is 56.3 Å². The summed E-state index contributed by atoms with van der Waals surface area (Å²) in [7, 11) is 0. The van der Waals surface area contributed by atoms with Crippen molar-refractivity contribution in [3.05, 3.63) is 46.2 Å². The van der Waals surface area contributed by atoms with Gasteiger partial charge in [0, 0.05) is 17.2 Å². The minimum atomic E-state index is -0.606. The van der Waals surface area contributed by atoms with Crippen LogP contribution in [0.4, 0.5) is 0 Å². The minimum Gasteiger partial charge on any atom is -0.461 e. The molecule has 4 heteroatoms. The van der Waals surface area contributed by atoms with E-state index in [1.54, 1.807) is 6.92 Å². The fraction of sp³-hybridized carbons (Fsp3) is 0.273. The summed E-state index contributed by atoms with van der Waals surface area (Å²) < 4.78 is 5.48. The zero-order chi connectivity index (χ0) is 10.8. The van der Waals surface area contributed by atoms with Crippen LogP contribution in [0.25, 0.3) is 11.0 Å². The average Bonchev–Trinajstić information content (AvgIpc) is 2.59. The molecule has 0 spiro atoms. The van der Waals surface area contributed by atoms with Crippen LogP contribution in [0.3, 0.4) is 0 Å². The lowest BCUT2D eigenvalue weighted by molar-refractivity contribution is -0.517. The molecule has 0 aliphatic heterocycles. The first-order chi connectivity index (χ1) is 7.16. The molecule has 2 rings (SSSR count). The van der Waals surface area contributed by atoms with Crippen LogP contribution in [0.5, 0.6) is 0 Å². The number of hydrogen-bond donors (Lipinski definition) is 0. The molecule has 0 aliphatic carbocycles. The van der Waals surface area contributed by atoms with Gasteiger partial charge in [-0.2, -0.15) is 0 Å². The Bertz CT molecular complexity index is 456. The fourth-order valence-corrected chi connectivity index (χ4v) is 1.50. The van der Waals surface area contributed by atoms with Gasteiger partial charge in [0.2, 0.25) is 6.04 Å². The second-order valence-corrected chi connectivity index (χ2v) is 3.59. The second kappa shape index (κ2) is 3.73. The second-order valence-electron chi connectivity index (χ2n) is 3.59. The molecule has 4 nitrogen and oxygen atoms in total. The van der Waals surface area contributed by atoms with Crippen molar-refractivity contribution >= 4 is 11.0 Å². The first kappa shape index (κ1) is 9.71. The van der Waals surface area contributed by atoms with Crippen molar-refractivity contribution in [2.24, 2.45) is 0 Å². The van der Waals surface area contributed by atoms with E-state index < -0.39 is 6.04 Å². The van der Waals surface area contributed by atoms with Crippen LogP contribution < -0.4 is 0 Å². The van der Waals surface area contributed by atoms with Gasteiger partial charge >= 0.3 is 0 Å². The van der Waals surface area contributed by atoms with Crippen LogP contribution in [0.2, 0.25) is 0 Å². The zero-order valence-electron chi connectivity index (χ0n) is 8.34. The van der Waals surface area contributed by atoms with Gasteiger partial charge in [0.25, 0.3) is 0 Å². The Morgan fingerprint density at radius 2 is 2.20 bits per heavy atom. The van der Waals surface area contributed by atoms with Crippen LogP contribution in [0.15, 0.2) is 34.7 Å². The van der Waals surface area contributed by atoms with Crippen molar-refractivity contribution in [1.29, 1.82) is 0 Å². The van der Waals surface area contributed by atoms with Crippen molar-refractivity contribution in [2.45, 2.75) is 19.4 Å². The molecule has 2 aromatic rings. The number of hydrogen-bond acceptors (Lipinski definition) is 3. The summed E-state index contributed by atoms with van der Waals surface area (Å²) in [4.78, 5) is 10.2. The maximum Gasteiger partial charge on any atom is 0.217 e. The highest BCUT2D eigenvalue weighted by Crippen LogP contribution is 2.20. The van der Waals surface area contributed by atoms with E-state index in [1.165, 1.54) is 0 Å². The lowest BCUT2D eigenvalue weighted by Gasteiger charge is -1.99. The van der Waals surface area contributed by atoms with Crippen molar-refractivity contribution < 1.29 is 9.34 Å². The van der Waals surface area contributed by atoms with Crippen molar-refractivity contribution in [1.82, 2.24) is 0 Å². The van der Waals surface area contributed by atoms with E-state index in [0.29, 0.717) is 12.2 Å². The number of benzene rings is 1. The molecule has 1 aromatic carbocycles. The smallest absolute Gasteiger partial charge is 0.217 e. The molecule has 1 unspecified atom stereocenters. The molecule has 0 N–H and O–H groups in total. The number of nitro groups is 1. The van der Waals surface area contributed by atoms with E-state index in [1.807, 2.05) is 30.3 Å². The summed E-state index contributed by atoms with van der Waals surface area (Å²) in [5.41, 5.74) is 0.781. The van der Waals surface area contributed by atoms with Gasteiger partial charge in [0.05, 0.1) is 6.42 Å². The molecule has 0 aliphatic rings. The van der Waals surface area contributed by atoms with E-state index in [0.717, 1.165) is 11.0 Å². The van der Waals surface area contributed by atoms with Crippen LogP contribution in [0, 0.1) is 10.1 Å². The van der Waals surface area contributed by atoms with Gasteiger partial charge in [0.1, 0.15) is 11.3 Å². The number of nitrogens with zero attached hydrogens (tertiary/aromatic N) is 1. The Kier molecular flexibility index (Phi) is 2.41. The molecule has 0 amide bonds. The summed E-state index contributed by atoms with van der Waals surface area (Å²) in [5, 5.41) is 11.5. The summed E-state index contributed by atoms with van der Waals surface area (Å²) in [5.74, 6) is 0.667. The third-order valence-electron chi connectivity index (χ3n) is 2.33. The Labute approximate surface area is 86.7 Å². The maximum absolute atomic E-state index is 10.5. The largest absolute Gasteiger partial charge is 0.461 e. The summed E-state index contributed by atoms with van der Waals surface area (Å²) in [6.07, 6.45) is 0.335. The monoisotopic (exact) mass is 205 g/mol. The number of fused-ring (bicyclic) bond motifs is 1. The average molecular weight is 205 g/mol. The minimum absolute atomic E-state index is 0.298. The predicted octanol–water partition coefficient (Wildman–Crippen LogP) is 2.64. The van der Waals surface area contributed by atoms with Crippen LogP contribution in [-0.4, -0.2) is 11.0 Å². The maximum atomic E-state index is 10.5. The Hall–Kier alpha value is -1.84. The van der Waals surface area contributed by atoms with Crippen LogP contribution >= 0.6 is 0 Å². The molecule has 0 fully saturated rings. The molecule has 0 bridgehead atoms. The van der Waals surface area contributed by atoms with E-state index in [-0.39, 0.29) is 4.92 Å². The van der Waals surface area contributed by atoms with E-state index >= 15 is 0 Å². The molecule has 0 saturated carbocycles. The van der Waals surface area contributed by atoms with Gasteiger partial charge in [-0.1, -0.05) is 18.2 Å². The molecular weight excluding hydrogens is 194 g/mol. The highest BCUT2D eigenvalue weighted by Gasteiger charge is 2.16. The Morgan fingerprint density at radius 3 is 2.87 bits per heavy atom. The first-order valence-corrected chi connectivity index (χ1v) is 4.78. The molecule has 1 heterocycles. The summed E-state index contributed by atoms with van der Waals surface area (Å²) in [6.45, 7) is 1.58. The van der Waals surface area contributed by atoms with Crippen LogP contribution in [0.1, 0.15) is 12.7 Å². The quantitative estimate of drug-likeness (QED) is 0.571. The highest BCUT2D eigenvalue weighted by molar-refractivity contribution is 5.77. The van der Waals surface area contributed by atoms with E-state index in [4.69, 9.17) is 4.42 Å². The molecule has 78 valence electrons. The lowest BCUT2D eigenvalue weighted by atomic mass is 10.2. The molecular formula is C11H11NO3. The number of para-hydroxylation sites is 1. The summed E-state index contributed by atoms with van der Waals surface area (Å²) in [6, 6.07) is 8.83. The fourth-order valence-electron chi connectivity index (χ4n) is 1.50. The third-order valence-corrected chi connectivity index (χ3v) is 2.33. The number of furan rings is 1. The SMILES string of the molecule is CC(Cc1cc2ccccc2o1)[N+](=O)[O-]. The zero-order valence-corrected chi connectivity index (χ0v) is 8.34. The van der Waals surface area contributed by atoms with Gasteiger partial charge in [-0.15, -0.1) is 0 Å². The Morgan fingerprint density at radius 1 is 1.47 bits per heavy atom. The Balaban J connectivity index is 2.26. The van der Waals surface area contributed by atoms with E-state index in [9.17, 15) is 10.1 Å². The summed E-state index contributed by atoms with van der Waals surface area (Å²) >= 11 is 0. The van der Waals surface area contributed by atoms with Gasteiger partial charge < -0.3 is 4.42 Å². The third kappa shape index (κ3) is 1.98. The molecule has 1 atom stereocenters. The van der Waals surface area contributed by atoms with Gasteiger partial charge in [-0.3, -0.25) is 10.1 Å².